The van der Waals surface area contributed by atoms with E-state index < -0.39 is 0 Å². The Kier molecular flexibility index (Phi) is 12.5. The molecule has 0 atom stereocenters. The quantitative estimate of drug-likeness (QED) is 0.158. The van der Waals surface area contributed by atoms with Crippen LogP contribution in [0, 0.1) is 0 Å². The van der Waals surface area contributed by atoms with Crippen molar-refractivity contribution >= 4 is 17.7 Å². The predicted molar refractivity (Wildman–Crippen MR) is 157 cm³/mol. The number of imidazole rings is 1. The fourth-order valence-corrected chi connectivity index (χ4v) is 5.38. The van der Waals surface area contributed by atoms with Crippen LogP contribution in [-0.2, 0) is 11.3 Å². The van der Waals surface area contributed by atoms with Crippen LogP contribution in [0.15, 0.2) is 53.7 Å². The van der Waals surface area contributed by atoms with Gasteiger partial charge in [-0.1, -0.05) is 24.6 Å². The molecule has 0 spiro atoms. The minimum Gasteiger partial charge on any atom is -0.497 e. The van der Waals surface area contributed by atoms with E-state index in [0.29, 0.717) is 6.42 Å². The monoisotopic (exact) mass is 538 g/mol. The van der Waals surface area contributed by atoms with E-state index >= 15 is 0 Å². The maximum Gasteiger partial charge on any atom is 0.219 e. The standard InChI is InChI=1S/C30H42N4O3S/c1-4-34-29(24-14-18-26(37-3)19-15-24)28(23-12-16-25(36-2)17-13-23)33-30(34)38-22-10-7-11-27(35)32-21-9-6-5-8-20-31/h12-19H,4-11,20-22,31H2,1-3H3,(H,32,35). The molecule has 2 aromatic carbocycles. The SMILES string of the molecule is CCn1c(SCCCCC(=O)NCCCCCCN)nc(-c2ccc(OC)cc2)c1-c1ccc(OC)cc1. The molecule has 0 radical (unpaired) electrons. The second kappa shape index (κ2) is 16.1. The number of ether oxygens (including phenoxy) is 2. The van der Waals surface area contributed by atoms with Crippen molar-refractivity contribution in [3.8, 4) is 34.0 Å². The maximum atomic E-state index is 12.1. The number of hydrogen-bond donors (Lipinski definition) is 2. The second-order valence-corrected chi connectivity index (χ2v) is 10.2. The summed E-state index contributed by atoms with van der Waals surface area (Å²) in [5, 5.41) is 4.03. The first-order valence-electron chi connectivity index (χ1n) is 13.6. The van der Waals surface area contributed by atoms with Gasteiger partial charge in [-0.25, -0.2) is 4.98 Å². The van der Waals surface area contributed by atoms with Gasteiger partial charge in [0, 0.05) is 36.4 Å². The number of hydrogen-bond acceptors (Lipinski definition) is 6. The Morgan fingerprint density at radius 2 is 1.53 bits per heavy atom. The molecule has 3 N–H and O–H groups in total. The molecular weight excluding hydrogens is 496 g/mol. The van der Waals surface area contributed by atoms with Gasteiger partial charge in [0.15, 0.2) is 5.16 Å². The average Bonchev–Trinajstić information content (AvgIpc) is 3.33. The highest BCUT2D eigenvalue weighted by atomic mass is 32.2. The number of thioether (sulfide) groups is 1. The molecule has 0 saturated heterocycles. The summed E-state index contributed by atoms with van der Waals surface area (Å²) in [6.07, 6.45) is 6.74. The first-order chi connectivity index (χ1) is 18.6. The molecule has 1 heterocycles. The van der Waals surface area contributed by atoms with Gasteiger partial charge in [0.2, 0.25) is 5.91 Å². The van der Waals surface area contributed by atoms with Crippen LogP contribution < -0.4 is 20.5 Å². The van der Waals surface area contributed by atoms with Crippen LogP contribution in [0.5, 0.6) is 11.5 Å². The highest BCUT2D eigenvalue weighted by molar-refractivity contribution is 7.99. The number of amides is 1. The van der Waals surface area contributed by atoms with Crippen LogP contribution in [-0.4, -0.2) is 48.5 Å². The highest BCUT2D eigenvalue weighted by Crippen LogP contribution is 2.37. The van der Waals surface area contributed by atoms with E-state index in [1.807, 2.05) is 24.3 Å². The van der Waals surface area contributed by atoms with E-state index in [9.17, 15) is 4.79 Å². The van der Waals surface area contributed by atoms with Gasteiger partial charge in [0.1, 0.15) is 11.5 Å². The lowest BCUT2D eigenvalue weighted by molar-refractivity contribution is -0.121. The summed E-state index contributed by atoms with van der Waals surface area (Å²) in [6, 6.07) is 16.2. The summed E-state index contributed by atoms with van der Waals surface area (Å²) in [6.45, 7) is 4.46. The molecule has 7 nitrogen and oxygen atoms in total. The minimum absolute atomic E-state index is 0.146. The topological polar surface area (TPSA) is 91.4 Å². The smallest absolute Gasteiger partial charge is 0.219 e. The Bertz CT molecular complexity index is 1110. The van der Waals surface area contributed by atoms with Crippen LogP contribution >= 0.6 is 11.8 Å². The fraction of sp³-hybridized carbons (Fsp3) is 0.467. The maximum absolute atomic E-state index is 12.1. The number of methoxy groups -OCH3 is 2. The number of rotatable bonds is 17. The summed E-state index contributed by atoms with van der Waals surface area (Å²) in [4.78, 5) is 17.2. The number of nitrogens with zero attached hydrogens (tertiary/aromatic N) is 2. The molecule has 8 heteroatoms. The van der Waals surface area contributed by atoms with Gasteiger partial charge in [0.25, 0.3) is 0 Å². The van der Waals surface area contributed by atoms with Crippen molar-refractivity contribution < 1.29 is 14.3 Å². The average molecular weight is 539 g/mol. The van der Waals surface area contributed by atoms with Gasteiger partial charge in [0.05, 0.1) is 25.6 Å². The van der Waals surface area contributed by atoms with Crippen LogP contribution in [0.1, 0.15) is 51.9 Å². The molecule has 3 aromatic rings. The molecule has 0 fully saturated rings. The zero-order valence-corrected chi connectivity index (χ0v) is 23.8. The Morgan fingerprint density at radius 1 is 0.895 bits per heavy atom. The Hall–Kier alpha value is -2.97. The lowest BCUT2D eigenvalue weighted by Crippen LogP contribution is -2.24. The number of nitrogens with two attached hydrogens (primary N) is 1. The molecule has 1 aromatic heterocycles. The highest BCUT2D eigenvalue weighted by Gasteiger charge is 2.20. The summed E-state index contributed by atoms with van der Waals surface area (Å²) in [7, 11) is 3.35. The zero-order chi connectivity index (χ0) is 27.2. The lowest BCUT2D eigenvalue weighted by atomic mass is 10.0. The number of carbonyl (C=O) groups is 1. The van der Waals surface area contributed by atoms with E-state index in [-0.39, 0.29) is 5.91 Å². The summed E-state index contributed by atoms with van der Waals surface area (Å²) < 4.78 is 13.0. The van der Waals surface area contributed by atoms with Crippen LogP contribution in [0.2, 0.25) is 0 Å². The van der Waals surface area contributed by atoms with Crippen LogP contribution in [0.4, 0.5) is 0 Å². The molecule has 0 aliphatic carbocycles. The van der Waals surface area contributed by atoms with E-state index in [1.54, 1.807) is 26.0 Å². The molecule has 0 aliphatic rings. The Balaban J connectivity index is 1.64. The van der Waals surface area contributed by atoms with Crippen molar-refractivity contribution in [1.82, 2.24) is 14.9 Å². The van der Waals surface area contributed by atoms with E-state index in [4.69, 9.17) is 20.2 Å². The van der Waals surface area contributed by atoms with Crippen LogP contribution in [0.3, 0.4) is 0 Å². The van der Waals surface area contributed by atoms with Crippen molar-refractivity contribution in [3.63, 3.8) is 0 Å². The Labute approximate surface area is 231 Å². The number of nitrogens with one attached hydrogen (secondary N) is 1. The normalized spacial score (nSPS) is 10.9. The molecule has 206 valence electrons. The van der Waals surface area contributed by atoms with Crippen molar-refractivity contribution in [3.05, 3.63) is 48.5 Å². The number of benzene rings is 2. The predicted octanol–water partition coefficient (Wildman–Crippen LogP) is 6.15. The van der Waals surface area contributed by atoms with E-state index in [2.05, 4.69) is 41.1 Å². The molecule has 1 amide bonds. The summed E-state index contributed by atoms with van der Waals surface area (Å²) >= 11 is 1.75. The summed E-state index contributed by atoms with van der Waals surface area (Å²) in [5.41, 5.74) is 9.71. The van der Waals surface area contributed by atoms with Gasteiger partial charge in [-0.05, 0) is 87.7 Å². The third-order valence-corrected chi connectivity index (χ3v) is 7.52. The van der Waals surface area contributed by atoms with E-state index in [1.165, 1.54) is 0 Å². The van der Waals surface area contributed by atoms with Gasteiger partial charge >= 0.3 is 0 Å². The molecule has 3 rings (SSSR count). The van der Waals surface area contributed by atoms with Gasteiger partial charge in [-0.2, -0.15) is 0 Å². The molecule has 0 saturated carbocycles. The van der Waals surface area contributed by atoms with Crippen LogP contribution in [0.25, 0.3) is 22.5 Å². The molecule has 38 heavy (non-hydrogen) atoms. The van der Waals surface area contributed by atoms with Crippen molar-refractivity contribution in [2.24, 2.45) is 5.73 Å². The molecule has 0 unspecified atom stereocenters. The van der Waals surface area contributed by atoms with Gasteiger partial charge < -0.3 is 25.1 Å². The second-order valence-electron chi connectivity index (χ2n) is 9.15. The van der Waals surface area contributed by atoms with Crippen molar-refractivity contribution in [2.75, 3.05) is 33.1 Å². The number of carbonyl (C=O) groups excluding carboxylic acids is 1. The number of unbranched alkanes of at least 4 members (excludes halogenated alkanes) is 4. The number of aromatic nitrogens is 2. The van der Waals surface area contributed by atoms with Crippen molar-refractivity contribution in [2.45, 2.75) is 63.6 Å². The first kappa shape index (κ1) is 29.6. The zero-order valence-electron chi connectivity index (χ0n) is 23.0. The molecular formula is C30H42N4O3S. The summed E-state index contributed by atoms with van der Waals surface area (Å²) in [5.74, 6) is 2.70. The Morgan fingerprint density at radius 3 is 2.13 bits per heavy atom. The third-order valence-electron chi connectivity index (χ3n) is 6.46. The largest absolute Gasteiger partial charge is 0.497 e. The molecule has 0 bridgehead atoms. The van der Waals surface area contributed by atoms with Crippen molar-refractivity contribution in [1.29, 1.82) is 0 Å². The lowest BCUT2D eigenvalue weighted by Gasteiger charge is -2.11. The minimum atomic E-state index is 0.146. The molecule has 0 aliphatic heterocycles. The third kappa shape index (κ3) is 8.53. The first-order valence-corrected chi connectivity index (χ1v) is 14.6. The fourth-order valence-electron chi connectivity index (χ4n) is 4.32. The van der Waals surface area contributed by atoms with Gasteiger partial charge in [-0.3, -0.25) is 4.79 Å². The van der Waals surface area contributed by atoms with E-state index in [0.717, 1.165) is 103 Å². The van der Waals surface area contributed by atoms with Gasteiger partial charge in [-0.15, -0.1) is 0 Å².